The number of piperidine rings is 1. The summed E-state index contributed by atoms with van der Waals surface area (Å²) in [6.07, 6.45) is 7.44. The lowest BCUT2D eigenvalue weighted by molar-refractivity contribution is -0.136. The standard InChI is InChI=1S/C22H32N2O2/c25-22(24-16-19-6-4-5-7-20(19)17-24)18-10-12-23(13-11-18)14-15-26-21-8-2-1-3-9-21/h1-3,8-9,18-20H,4-7,10-17H2. The highest BCUT2D eigenvalue weighted by Crippen LogP contribution is 2.37. The topological polar surface area (TPSA) is 32.8 Å². The van der Waals surface area contributed by atoms with Gasteiger partial charge in [0.15, 0.2) is 0 Å². The number of rotatable bonds is 5. The number of amides is 1. The van der Waals surface area contributed by atoms with Crippen LogP contribution in [0.2, 0.25) is 0 Å². The second-order valence-electron chi connectivity index (χ2n) is 8.33. The number of hydrogen-bond donors (Lipinski definition) is 0. The minimum absolute atomic E-state index is 0.251. The molecule has 2 heterocycles. The van der Waals surface area contributed by atoms with Crippen LogP contribution >= 0.6 is 0 Å². The van der Waals surface area contributed by atoms with Crippen LogP contribution in [0.25, 0.3) is 0 Å². The number of likely N-dealkylation sites (tertiary alicyclic amines) is 2. The average molecular weight is 357 g/mol. The summed E-state index contributed by atoms with van der Waals surface area (Å²) in [5.41, 5.74) is 0. The lowest BCUT2D eigenvalue weighted by Crippen LogP contribution is -2.43. The van der Waals surface area contributed by atoms with Crippen LogP contribution in [0.4, 0.5) is 0 Å². The molecule has 2 aliphatic heterocycles. The molecule has 142 valence electrons. The van der Waals surface area contributed by atoms with Crippen molar-refractivity contribution in [3.05, 3.63) is 30.3 Å². The third-order valence-corrected chi connectivity index (χ3v) is 6.64. The van der Waals surface area contributed by atoms with Crippen molar-refractivity contribution in [1.29, 1.82) is 0 Å². The molecule has 0 spiro atoms. The van der Waals surface area contributed by atoms with Gasteiger partial charge in [-0.15, -0.1) is 0 Å². The second kappa shape index (κ2) is 8.43. The molecule has 0 N–H and O–H groups in total. The number of fused-ring (bicyclic) bond motifs is 1. The van der Waals surface area contributed by atoms with Crippen LogP contribution in [0.5, 0.6) is 5.75 Å². The van der Waals surface area contributed by atoms with Crippen molar-refractivity contribution in [3.63, 3.8) is 0 Å². The Labute approximate surface area is 157 Å². The van der Waals surface area contributed by atoms with Gasteiger partial charge in [0.1, 0.15) is 12.4 Å². The van der Waals surface area contributed by atoms with E-state index in [-0.39, 0.29) is 5.92 Å². The maximum atomic E-state index is 12.9. The summed E-state index contributed by atoms with van der Waals surface area (Å²) < 4.78 is 5.80. The number of para-hydroxylation sites is 1. The van der Waals surface area contributed by atoms with E-state index in [1.807, 2.05) is 30.3 Å². The Morgan fingerprint density at radius 2 is 1.62 bits per heavy atom. The maximum Gasteiger partial charge on any atom is 0.225 e. The quantitative estimate of drug-likeness (QED) is 0.810. The Morgan fingerprint density at radius 1 is 0.962 bits per heavy atom. The molecule has 0 bridgehead atoms. The van der Waals surface area contributed by atoms with Crippen LogP contribution in [-0.2, 0) is 4.79 Å². The zero-order chi connectivity index (χ0) is 17.8. The van der Waals surface area contributed by atoms with Crippen molar-refractivity contribution in [2.75, 3.05) is 39.3 Å². The highest BCUT2D eigenvalue weighted by molar-refractivity contribution is 5.79. The highest BCUT2D eigenvalue weighted by atomic mass is 16.5. The molecule has 26 heavy (non-hydrogen) atoms. The van der Waals surface area contributed by atoms with E-state index in [2.05, 4.69) is 9.80 Å². The van der Waals surface area contributed by atoms with Gasteiger partial charge in [-0.05, 0) is 62.7 Å². The first-order valence-corrected chi connectivity index (χ1v) is 10.5. The monoisotopic (exact) mass is 356 g/mol. The molecule has 2 unspecified atom stereocenters. The van der Waals surface area contributed by atoms with Crippen LogP contribution in [0.3, 0.4) is 0 Å². The Hall–Kier alpha value is -1.55. The zero-order valence-corrected chi connectivity index (χ0v) is 15.8. The predicted octanol–water partition coefficient (Wildman–Crippen LogP) is 3.43. The number of carbonyl (C=O) groups excluding carboxylic acids is 1. The van der Waals surface area contributed by atoms with Gasteiger partial charge in [-0.2, -0.15) is 0 Å². The van der Waals surface area contributed by atoms with E-state index in [9.17, 15) is 4.79 Å². The molecule has 4 nitrogen and oxygen atoms in total. The van der Waals surface area contributed by atoms with Crippen LogP contribution in [0, 0.1) is 17.8 Å². The lowest BCUT2D eigenvalue weighted by atomic mass is 9.82. The SMILES string of the molecule is O=C(C1CCN(CCOc2ccccc2)CC1)N1CC2CCCCC2C1. The third-order valence-electron chi connectivity index (χ3n) is 6.64. The number of nitrogens with zero attached hydrogens (tertiary/aromatic N) is 2. The highest BCUT2D eigenvalue weighted by Gasteiger charge is 2.38. The van der Waals surface area contributed by atoms with Crippen LogP contribution in [-0.4, -0.2) is 55.0 Å². The summed E-state index contributed by atoms with van der Waals surface area (Å²) in [5, 5.41) is 0. The molecule has 0 aromatic heterocycles. The average Bonchev–Trinajstić information content (AvgIpc) is 3.13. The molecular weight excluding hydrogens is 324 g/mol. The van der Waals surface area contributed by atoms with E-state index in [1.54, 1.807) is 0 Å². The minimum Gasteiger partial charge on any atom is -0.492 e. The molecule has 1 amide bonds. The Kier molecular flexibility index (Phi) is 5.78. The second-order valence-corrected chi connectivity index (χ2v) is 8.33. The number of hydrogen-bond acceptors (Lipinski definition) is 3. The van der Waals surface area contributed by atoms with E-state index in [4.69, 9.17) is 4.74 Å². The molecule has 1 aliphatic carbocycles. The summed E-state index contributed by atoms with van der Waals surface area (Å²) in [5.74, 6) is 3.22. The van der Waals surface area contributed by atoms with E-state index in [1.165, 1.54) is 25.7 Å². The normalized spacial score (nSPS) is 27.3. The number of ether oxygens (including phenoxy) is 1. The smallest absolute Gasteiger partial charge is 0.225 e. The molecule has 1 aromatic carbocycles. The van der Waals surface area contributed by atoms with Gasteiger partial charge >= 0.3 is 0 Å². The molecule has 1 aromatic rings. The molecular formula is C22H32N2O2. The molecule has 0 radical (unpaired) electrons. The van der Waals surface area contributed by atoms with E-state index < -0.39 is 0 Å². The molecule has 2 saturated heterocycles. The number of benzene rings is 1. The van der Waals surface area contributed by atoms with Gasteiger partial charge < -0.3 is 9.64 Å². The van der Waals surface area contributed by atoms with Crippen molar-refractivity contribution in [3.8, 4) is 5.75 Å². The number of carbonyl (C=O) groups is 1. The minimum atomic E-state index is 0.251. The van der Waals surface area contributed by atoms with Crippen LogP contribution < -0.4 is 4.74 Å². The third kappa shape index (κ3) is 4.22. The molecule has 4 rings (SSSR count). The van der Waals surface area contributed by atoms with Crippen molar-refractivity contribution in [1.82, 2.24) is 9.80 Å². The van der Waals surface area contributed by atoms with Gasteiger partial charge in [-0.25, -0.2) is 0 Å². The molecule has 2 atom stereocenters. The van der Waals surface area contributed by atoms with Crippen LogP contribution in [0.15, 0.2) is 30.3 Å². The summed E-state index contributed by atoms with van der Waals surface area (Å²) in [7, 11) is 0. The van der Waals surface area contributed by atoms with E-state index >= 15 is 0 Å². The maximum absolute atomic E-state index is 12.9. The van der Waals surface area contributed by atoms with Gasteiger partial charge in [-0.1, -0.05) is 31.0 Å². The Bertz CT molecular complexity index is 569. The van der Waals surface area contributed by atoms with Gasteiger partial charge in [-0.3, -0.25) is 9.69 Å². The van der Waals surface area contributed by atoms with Crippen molar-refractivity contribution < 1.29 is 9.53 Å². The molecule has 4 heteroatoms. The van der Waals surface area contributed by atoms with E-state index in [0.29, 0.717) is 5.91 Å². The summed E-state index contributed by atoms with van der Waals surface area (Å²) >= 11 is 0. The first-order valence-electron chi connectivity index (χ1n) is 10.5. The first-order chi connectivity index (χ1) is 12.8. The largest absolute Gasteiger partial charge is 0.492 e. The van der Waals surface area contributed by atoms with E-state index in [0.717, 1.165) is 69.8 Å². The Morgan fingerprint density at radius 3 is 2.27 bits per heavy atom. The summed E-state index contributed by atoms with van der Waals surface area (Å²) in [6.45, 7) is 5.79. The fraction of sp³-hybridized carbons (Fsp3) is 0.682. The summed E-state index contributed by atoms with van der Waals surface area (Å²) in [6, 6.07) is 10.0. The van der Waals surface area contributed by atoms with Crippen molar-refractivity contribution in [2.24, 2.45) is 17.8 Å². The zero-order valence-electron chi connectivity index (χ0n) is 15.8. The fourth-order valence-corrected chi connectivity index (χ4v) is 5.06. The lowest BCUT2D eigenvalue weighted by Gasteiger charge is -2.33. The molecule has 1 saturated carbocycles. The van der Waals surface area contributed by atoms with Gasteiger partial charge in [0, 0.05) is 25.6 Å². The van der Waals surface area contributed by atoms with Gasteiger partial charge in [0.25, 0.3) is 0 Å². The Balaban J connectivity index is 1.18. The van der Waals surface area contributed by atoms with Gasteiger partial charge in [0.05, 0.1) is 0 Å². The van der Waals surface area contributed by atoms with Crippen molar-refractivity contribution >= 4 is 5.91 Å². The molecule has 3 fully saturated rings. The van der Waals surface area contributed by atoms with Gasteiger partial charge in [0.2, 0.25) is 5.91 Å². The van der Waals surface area contributed by atoms with Crippen molar-refractivity contribution in [2.45, 2.75) is 38.5 Å². The predicted molar refractivity (Wildman–Crippen MR) is 103 cm³/mol. The summed E-state index contributed by atoms with van der Waals surface area (Å²) in [4.78, 5) is 17.6. The fourth-order valence-electron chi connectivity index (χ4n) is 5.06. The van der Waals surface area contributed by atoms with Crippen LogP contribution in [0.1, 0.15) is 38.5 Å². The molecule has 3 aliphatic rings. The first kappa shape index (κ1) is 17.8.